The van der Waals surface area contributed by atoms with Crippen molar-refractivity contribution in [3.8, 4) is 11.5 Å². The summed E-state index contributed by atoms with van der Waals surface area (Å²) in [6, 6.07) is 7.38. The molecule has 2 aromatic rings. The van der Waals surface area contributed by atoms with Gasteiger partial charge in [0.05, 0.1) is 7.11 Å². The van der Waals surface area contributed by atoms with Gasteiger partial charge in [0.2, 0.25) is 0 Å². The van der Waals surface area contributed by atoms with Gasteiger partial charge < -0.3 is 13.9 Å². The number of carbonyl (C=O) groups is 1. The summed E-state index contributed by atoms with van der Waals surface area (Å²) in [4.78, 5) is 24.1. The van der Waals surface area contributed by atoms with Crippen LogP contribution in [0.4, 0.5) is 8.78 Å². The fourth-order valence-electron chi connectivity index (χ4n) is 2.04. The lowest BCUT2D eigenvalue weighted by molar-refractivity contribution is -0.0499. The molecule has 0 amide bonds. The molecule has 0 bridgehead atoms. The van der Waals surface area contributed by atoms with Crippen molar-refractivity contribution in [3.05, 3.63) is 63.7 Å². The highest BCUT2D eigenvalue weighted by atomic mass is 19.3. The van der Waals surface area contributed by atoms with Gasteiger partial charge in [-0.05, 0) is 25.1 Å². The maximum absolute atomic E-state index is 12.4. The van der Waals surface area contributed by atoms with Crippen LogP contribution in [0.2, 0.25) is 0 Å². The van der Waals surface area contributed by atoms with E-state index < -0.39 is 18.0 Å². The van der Waals surface area contributed by atoms with Crippen LogP contribution >= 0.6 is 0 Å². The van der Waals surface area contributed by atoms with Crippen molar-refractivity contribution in [2.45, 2.75) is 13.5 Å². The number of ether oxygens (including phenoxy) is 2. The Bertz CT molecular complexity index is 824. The zero-order valence-corrected chi connectivity index (χ0v) is 12.9. The van der Waals surface area contributed by atoms with Gasteiger partial charge in [-0.25, -0.2) is 4.79 Å². The van der Waals surface area contributed by atoms with E-state index >= 15 is 0 Å². The average molecular weight is 336 g/mol. The lowest BCUT2D eigenvalue weighted by Crippen LogP contribution is -2.14. The second-order valence-electron chi connectivity index (χ2n) is 4.70. The van der Waals surface area contributed by atoms with Crippen molar-refractivity contribution in [1.82, 2.24) is 0 Å². The zero-order valence-electron chi connectivity index (χ0n) is 12.9. The van der Waals surface area contributed by atoms with Gasteiger partial charge in [0.15, 0.2) is 5.78 Å². The molecule has 0 radical (unpaired) electrons. The summed E-state index contributed by atoms with van der Waals surface area (Å²) in [5, 5.41) is 0. The molecule has 1 heterocycles. The van der Waals surface area contributed by atoms with E-state index in [9.17, 15) is 18.4 Å². The van der Waals surface area contributed by atoms with Crippen molar-refractivity contribution in [2.75, 3.05) is 7.11 Å². The Kier molecular flexibility index (Phi) is 5.47. The quantitative estimate of drug-likeness (QED) is 0.597. The molecule has 0 aliphatic rings. The Morgan fingerprint density at radius 2 is 1.96 bits per heavy atom. The van der Waals surface area contributed by atoms with Crippen LogP contribution in [-0.4, -0.2) is 19.5 Å². The van der Waals surface area contributed by atoms with Gasteiger partial charge in [0, 0.05) is 11.6 Å². The first-order chi connectivity index (χ1) is 11.4. The smallest absolute Gasteiger partial charge is 0.387 e. The number of allylic oxidation sites excluding steroid dienone is 1. The monoisotopic (exact) mass is 336 g/mol. The summed E-state index contributed by atoms with van der Waals surface area (Å²) < 4.78 is 39.0. The van der Waals surface area contributed by atoms with Gasteiger partial charge in [-0.1, -0.05) is 18.2 Å². The van der Waals surface area contributed by atoms with E-state index in [-0.39, 0.29) is 22.6 Å². The maximum atomic E-state index is 12.4. The molecule has 5 nitrogen and oxygen atoms in total. The van der Waals surface area contributed by atoms with Gasteiger partial charge in [-0.3, -0.25) is 4.79 Å². The summed E-state index contributed by atoms with van der Waals surface area (Å²) in [6.45, 7) is -1.44. The van der Waals surface area contributed by atoms with Gasteiger partial charge in [0.25, 0.3) is 0 Å². The van der Waals surface area contributed by atoms with Crippen LogP contribution in [0.25, 0.3) is 6.08 Å². The Hall–Kier alpha value is -2.96. The molecule has 0 N–H and O–H groups in total. The summed E-state index contributed by atoms with van der Waals surface area (Å²) in [5.41, 5.74) is -0.841. The minimum atomic E-state index is -2.99. The predicted molar refractivity (Wildman–Crippen MR) is 82.7 cm³/mol. The summed E-state index contributed by atoms with van der Waals surface area (Å²) in [5.74, 6) is -0.379. The number of hydrogen-bond donors (Lipinski definition) is 0. The van der Waals surface area contributed by atoms with E-state index in [1.807, 2.05) is 0 Å². The Labute approximate surface area is 136 Å². The van der Waals surface area contributed by atoms with Crippen LogP contribution in [0.1, 0.15) is 21.7 Å². The number of methoxy groups -OCH3 is 1. The topological polar surface area (TPSA) is 65.7 Å². The molecule has 0 unspecified atom stereocenters. The normalized spacial score (nSPS) is 11.0. The molecule has 1 aromatic heterocycles. The highest BCUT2D eigenvalue weighted by molar-refractivity contribution is 6.08. The number of carbonyl (C=O) groups excluding carboxylic acids is 1. The van der Waals surface area contributed by atoms with Crippen LogP contribution < -0.4 is 15.1 Å². The van der Waals surface area contributed by atoms with Crippen LogP contribution in [0.15, 0.2) is 45.6 Å². The SMILES string of the molecule is COc1cc(C)oc(=O)c1C(=O)C=Cc1ccccc1OC(F)F. The van der Waals surface area contributed by atoms with E-state index in [0.29, 0.717) is 5.76 Å². The van der Waals surface area contributed by atoms with E-state index in [0.717, 1.165) is 6.08 Å². The van der Waals surface area contributed by atoms with Crippen molar-refractivity contribution in [2.24, 2.45) is 0 Å². The average Bonchev–Trinajstić information content (AvgIpc) is 2.52. The van der Waals surface area contributed by atoms with E-state index in [2.05, 4.69) is 4.74 Å². The van der Waals surface area contributed by atoms with Crippen LogP contribution in [0.3, 0.4) is 0 Å². The third-order valence-corrected chi connectivity index (χ3v) is 3.05. The van der Waals surface area contributed by atoms with Gasteiger partial charge in [0.1, 0.15) is 22.8 Å². The lowest BCUT2D eigenvalue weighted by Gasteiger charge is -2.07. The second kappa shape index (κ2) is 7.54. The standard InChI is InChI=1S/C17H14F2O5/c1-10-9-14(22-2)15(16(21)23-10)12(20)8-7-11-5-3-4-6-13(11)24-17(18)19/h3-9,17H,1-2H3. The van der Waals surface area contributed by atoms with Crippen molar-refractivity contribution in [3.63, 3.8) is 0 Å². The number of aryl methyl sites for hydroxylation is 1. The molecule has 0 fully saturated rings. The molecule has 0 saturated carbocycles. The fraction of sp³-hybridized carbons (Fsp3) is 0.176. The number of rotatable bonds is 6. The first-order valence-corrected chi connectivity index (χ1v) is 6.87. The molecule has 1 aromatic carbocycles. The van der Waals surface area contributed by atoms with Gasteiger partial charge in [-0.15, -0.1) is 0 Å². The fourth-order valence-corrected chi connectivity index (χ4v) is 2.04. The number of halogens is 2. The summed E-state index contributed by atoms with van der Waals surface area (Å²) in [6.07, 6.45) is 2.34. The Morgan fingerprint density at radius 1 is 1.25 bits per heavy atom. The Balaban J connectivity index is 2.34. The second-order valence-corrected chi connectivity index (χ2v) is 4.70. The van der Waals surface area contributed by atoms with Crippen LogP contribution in [-0.2, 0) is 0 Å². The third-order valence-electron chi connectivity index (χ3n) is 3.05. The van der Waals surface area contributed by atoms with E-state index in [4.69, 9.17) is 9.15 Å². The molecule has 0 aliphatic heterocycles. The van der Waals surface area contributed by atoms with Crippen molar-refractivity contribution < 1.29 is 27.5 Å². The number of ketones is 1. The highest BCUT2D eigenvalue weighted by Gasteiger charge is 2.17. The molecular weight excluding hydrogens is 322 g/mol. The number of alkyl halides is 2. The summed E-state index contributed by atoms with van der Waals surface area (Å²) >= 11 is 0. The lowest BCUT2D eigenvalue weighted by atomic mass is 10.1. The zero-order chi connectivity index (χ0) is 17.7. The van der Waals surface area contributed by atoms with Crippen molar-refractivity contribution >= 4 is 11.9 Å². The molecule has 0 spiro atoms. The number of benzene rings is 1. The summed E-state index contributed by atoms with van der Waals surface area (Å²) in [7, 11) is 1.32. The molecular formula is C17H14F2O5. The number of para-hydroxylation sites is 1. The Morgan fingerprint density at radius 3 is 2.62 bits per heavy atom. The molecule has 2 rings (SSSR count). The van der Waals surface area contributed by atoms with E-state index in [1.165, 1.54) is 37.5 Å². The molecule has 7 heteroatoms. The van der Waals surface area contributed by atoms with Gasteiger partial charge in [-0.2, -0.15) is 8.78 Å². The van der Waals surface area contributed by atoms with E-state index in [1.54, 1.807) is 13.0 Å². The molecule has 0 aliphatic carbocycles. The predicted octanol–water partition coefficient (Wildman–Crippen LogP) is 3.45. The maximum Gasteiger partial charge on any atom is 0.387 e. The molecule has 0 atom stereocenters. The first-order valence-electron chi connectivity index (χ1n) is 6.87. The van der Waals surface area contributed by atoms with Crippen molar-refractivity contribution in [1.29, 1.82) is 0 Å². The van der Waals surface area contributed by atoms with Crippen LogP contribution in [0, 0.1) is 6.92 Å². The molecule has 24 heavy (non-hydrogen) atoms. The minimum Gasteiger partial charge on any atom is -0.496 e. The van der Waals surface area contributed by atoms with Crippen LogP contribution in [0.5, 0.6) is 11.5 Å². The van der Waals surface area contributed by atoms with Gasteiger partial charge >= 0.3 is 12.2 Å². The minimum absolute atomic E-state index is 0.0792. The first kappa shape index (κ1) is 17.4. The molecule has 126 valence electrons. The number of hydrogen-bond acceptors (Lipinski definition) is 5. The highest BCUT2D eigenvalue weighted by Crippen LogP contribution is 2.22. The third kappa shape index (κ3) is 4.07. The molecule has 0 saturated heterocycles. The largest absolute Gasteiger partial charge is 0.496 e.